The van der Waals surface area contributed by atoms with E-state index in [0.717, 1.165) is 0 Å². The number of likely N-dealkylation sites (tertiary alicyclic amines) is 1. The Labute approximate surface area is 118 Å². The number of aromatic amines is 1. The average Bonchev–Trinajstić information content (AvgIpc) is 2.99. The summed E-state index contributed by atoms with van der Waals surface area (Å²) in [5.41, 5.74) is 0.539. The van der Waals surface area contributed by atoms with Gasteiger partial charge in [0, 0.05) is 10.9 Å². The zero-order valence-electron chi connectivity index (χ0n) is 11.0. The first-order valence-corrected chi connectivity index (χ1v) is 6.59. The van der Waals surface area contributed by atoms with Crippen LogP contribution in [0.25, 0.3) is 10.9 Å². The molecule has 7 heteroatoms. The molecule has 108 valence electrons. The molecule has 2 saturated heterocycles. The fourth-order valence-electron chi connectivity index (χ4n) is 2.86. The lowest BCUT2D eigenvalue weighted by molar-refractivity contribution is -0.0577. The van der Waals surface area contributed by atoms with Gasteiger partial charge < -0.3 is 19.9 Å². The molecule has 0 radical (unpaired) electrons. The number of H-pyrrole nitrogens is 1. The Morgan fingerprint density at radius 3 is 2.86 bits per heavy atom. The van der Waals surface area contributed by atoms with Crippen molar-refractivity contribution in [2.24, 2.45) is 0 Å². The minimum atomic E-state index is -0.579. The number of ether oxygens (including phenoxy) is 1. The van der Waals surface area contributed by atoms with Crippen LogP contribution in [-0.4, -0.2) is 47.1 Å². The minimum absolute atomic E-state index is 0.180. The Morgan fingerprint density at radius 2 is 2.14 bits per heavy atom. The topological polar surface area (TPSA) is 74.4 Å². The molecule has 3 heterocycles. The highest BCUT2D eigenvalue weighted by molar-refractivity contribution is 5.98. The monoisotopic (exact) mass is 289 g/mol. The van der Waals surface area contributed by atoms with E-state index in [1.54, 1.807) is 17.0 Å². The van der Waals surface area contributed by atoms with Gasteiger partial charge >= 0.3 is 6.09 Å². The van der Waals surface area contributed by atoms with Gasteiger partial charge in [0.2, 0.25) is 0 Å². The van der Waals surface area contributed by atoms with Gasteiger partial charge in [0.25, 0.3) is 5.91 Å². The third kappa shape index (κ3) is 1.84. The number of benzene rings is 1. The largest absolute Gasteiger partial charge is 0.437 e. The second kappa shape index (κ2) is 3.97. The van der Waals surface area contributed by atoms with Crippen molar-refractivity contribution < 1.29 is 18.7 Å². The van der Waals surface area contributed by atoms with Crippen LogP contribution in [0.1, 0.15) is 10.5 Å². The summed E-state index contributed by atoms with van der Waals surface area (Å²) >= 11 is 0. The molecule has 0 aliphatic carbocycles. The molecule has 1 aromatic heterocycles. The fraction of sp³-hybridized carbons (Fsp3) is 0.286. The standard InChI is InChI=1S/C14H12FN3O3/c15-9-1-2-10-8(3-9)4-11(17-10)12(19)18-6-14(7-18)5-16-13(20)21-14/h1-4,17H,5-7H2,(H,16,20). The highest BCUT2D eigenvalue weighted by Crippen LogP contribution is 2.30. The summed E-state index contributed by atoms with van der Waals surface area (Å²) in [6, 6.07) is 5.95. The van der Waals surface area contributed by atoms with Crippen LogP contribution < -0.4 is 5.32 Å². The van der Waals surface area contributed by atoms with Crippen LogP contribution in [0.2, 0.25) is 0 Å². The predicted octanol–water partition coefficient (Wildman–Crippen LogP) is 1.24. The van der Waals surface area contributed by atoms with E-state index in [-0.39, 0.29) is 11.7 Å². The maximum absolute atomic E-state index is 13.2. The van der Waals surface area contributed by atoms with Gasteiger partial charge in [0.15, 0.2) is 5.60 Å². The van der Waals surface area contributed by atoms with Gasteiger partial charge in [0.05, 0.1) is 19.6 Å². The van der Waals surface area contributed by atoms with Crippen LogP contribution in [0.3, 0.4) is 0 Å². The van der Waals surface area contributed by atoms with Gasteiger partial charge in [-0.15, -0.1) is 0 Å². The third-order valence-corrected chi connectivity index (χ3v) is 3.92. The second-order valence-corrected chi connectivity index (χ2v) is 5.50. The molecule has 21 heavy (non-hydrogen) atoms. The Bertz CT molecular complexity index is 764. The summed E-state index contributed by atoms with van der Waals surface area (Å²) in [7, 11) is 0. The summed E-state index contributed by atoms with van der Waals surface area (Å²) < 4.78 is 18.3. The maximum Gasteiger partial charge on any atom is 0.408 e. The summed E-state index contributed by atoms with van der Waals surface area (Å²) in [4.78, 5) is 28.0. The quantitative estimate of drug-likeness (QED) is 0.829. The van der Waals surface area contributed by atoms with E-state index in [2.05, 4.69) is 10.3 Å². The van der Waals surface area contributed by atoms with Crippen LogP contribution >= 0.6 is 0 Å². The van der Waals surface area contributed by atoms with Crippen molar-refractivity contribution in [1.82, 2.24) is 15.2 Å². The molecule has 6 nitrogen and oxygen atoms in total. The van der Waals surface area contributed by atoms with E-state index < -0.39 is 11.7 Å². The van der Waals surface area contributed by atoms with E-state index in [0.29, 0.717) is 36.2 Å². The highest BCUT2D eigenvalue weighted by Gasteiger charge is 2.52. The summed E-state index contributed by atoms with van der Waals surface area (Å²) in [5, 5.41) is 3.25. The first kappa shape index (κ1) is 12.2. The van der Waals surface area contributed by atoms with Crippen molar-refractivity contribution in [3.05, 3.63) is 35.8 Å². The molecule has 2 aromatic rings. The summed E-state index contributed by atoms with van der Waals surface area (Å²) in [5.74, 6) is -0.521. The van der Waals surface area contributed by atoms with Crippen LogP contribution in [0.5, 0.6) is 0 Å². The van der Waals surface area contributed by atoms with Crippen LogP contribution in [-0.2, 0) is 4.74 Å². The molecule has 0 saturated carbocycles. The average molecular weight is 289 g/mol. The van der Waals surface area contributed by atoms with E-state index in [1.165, 1.54) is 12.1 Å². The first-order chi connectivity index (χ1) is 10.0. The van der Waals surface area contributed by atoms with E-state index in [4.69, 9.17) is 4.74 Å². The van der Waals surface area contributed by atoms with Crippen LogP contribution in [0.15, 0.2) is 24.3 Å². The number of fused-ring (bicyclic) bond motifs is 1. The Balaban J connectivity index is 1.53. The fourth-order valence-corrected chi connectivity index (χ4v) is 2.86. The first-order valence-electron chi connectivity index (χ1n) is 6.59. The van der Waals surface area contributed by atoms with Crippen LogP contribution in [0.4, 0.5) is 9.18 Å². The second-order valence-electron chi connectivity index (χ2n) is 5.50. The molecule has 0 atom stereocenters. The van der Waals surface area contributed by atoms with Gasteiger partial charge in [-0.25, -0.2) is 9.18 Å². The molecule has 2 fully saturated rings. The molecule has 1 spiro atoms. The van der Waals surface area contributed by atoms with Gasteiger partial charge in [-0.2, -0.15) is 0 Å². The molecular weight excluding hydrogens is 277 g/mol. The summed E-state index contributed by atoms with van der Waals surface area (Å²) in [6.45, 7) is 1.16. The van der Waals surface area contributed by atoms with Crippen molar-refractivity contribution in [3.8, 4) is 0 Å². The zero-order chi connectivity index (χ0) is 14.6. The van der Waals surface area contributed by atoms with Crippen molar-refractivity contribution in [1.29, 1.82) is 0 Å². The number of nitrogens with zero attached hydrogens (tertiary/aromatic N) is 1. The van der Waals surface area contributed by atoms with Gasteiger partial charge in [-0.1, -0.05) is 0 Å². The van der Waals surface area contributed by atoms with Crippen molar-refractivity contribution in [2.45, 2.75) is 5.60 Å². The van der Waals surface area contributed by atoms with Gasteiger partial charge in [-0.05, 0) is 24.3 Å². The molecule has 2 amide bonds. The molecule has 2 aliphatic rings. The van der Waals surface area contributed by atoms with Gasteiger partial charge in [-0.3, -0.25) is 4.79 Å². The Hall–Kier alpha value is -2.57. The smallest absolute Gasteiger partial charge is 0.408 e. The highest BCUT2D eigenvalue weighted by atomic mass is 19.1. The Kier molecular flexibility index (Phi) is 2.30. The number of carbonyl (C=O) groups excluding carboxylic acids is 2. The molecule has 0 bridgehead atoms. The lowest BCUT2D eigenvalue weighted by atomic mass is 9.94. The number of hydrogen-bond donors (Lipinski definition) is 2. The number of alkyl carbamates (subject to hydrolysis) is 1. The molecule has 1 aromatic carbocycles. The molecule has 4 rings (SSSR count). The van der Waals surface area contributed by atoms with E-state index in [1.807, 2.05) is 0 Å². The molecular formula is C14H12FN3O3. The molecule has 2 aliphatic heterocycles. The summed E-state index contributed by atoms with van der Waals surface area (Å²) in [6.07, 6.45) is -0.441. The van der Waals surface area contributed by atoms with E-state index in [9.17, 15) is 14.0 Å². The van der Waals surface area contributed by atoms with Crippen molar-refractivity contribution in [2.75, 3.05) is 19.6 Å². The molecule has 0 unspecified atom stereocenters. The predicted molar refractivity (Wildman–Crippen MR) is 71.4 cm³/mol. The Morgan fingerprint density at radius 1 is 1.33 bits per heavy atom. The number of nitrogens with one attached hydrogen (secondary N) is 2. The number of hydrogen-bond acceptors (Lipinski definition) is 3. The maximum atomic E-state index is 13.2. The lowest BCUT2D eigenvalue weighted by Gasteiger charge is -2.45. The number of halogens is 1. The number of aromatic nitrogens is 1. The number of carbonyl (C=O) groups is 2. The van der Waals surface area contributed by atoms with E-state index >= 15 is 0 Å². The third-order valence-electron chi connectivity index (χ3n) is 3.92. The van der Waals surface area contributed by atoms with Crippen molar-refractivity contribution in [3.63, 3.8) is 0 Å². The SMILES string of the molecule is O=C1NCC2(CN(C(=O)c3cc4cc(F)ccc4[nH]3)C2)O1. The number of rotatable bonds is 1. The lowest BCUT2D eigenvalue weighted by Crippen LogP contribution is -2.65. The van der Waals surface area contributed by atoms with Crippen LogP contribution in [0, 0.1) is 5.82 Å². The normalized spacial score (nSPS) is 19.5. The zero-order valence-corrected chi connectivity index (χ0v) is 11.0. The minimum Gasteiger partial charge on any atom is -0.437 e. The molecule has 2 N–H and O–H groups in total. The van der Waals surface area contributed by atoms with Crippen molar-refractivity contribution >= 4 is 22.9 Å². The number of amides is 2. The van der Waals surface area contributed by atoms with Gasteiger partial charge in [0.1, 0.15) is 11.5 Å².